The van der Waals surface area contributed by atoms with Gasteiger partial charge in [0.05, 0.1) is 7.11 Å². The van der Waals surface area contributed by atoms with E-state index in [1.165, 1.54) is 12.5 Å². The third kappa shape index (κ3) is 5.90. The van der Waals surface area contributed by atoms with Crippen molar-refractivity contribution in [3.63, 3.8) is 0 Å². The number of likely N-dealkylation sites (tertiary alicyclic amines) is 1. The molecule has 2 N–H and O–H groups in total. The van der Waals surface area contributed by atoms with Crippen LogP contribution in [0.4, 0.5) is 5.69 Å². The van der Waals surface area contributed by atoms with Crippen molar-refractivity contribution in [2.45, 2.75) is 19.3 Å². The molecule has 2 aromatic rings. The Morgan fingerprint density at radius 1 is 1.07 bits per heavy atom. The fraction of sp³-hybridized carbons (Fsp3) is 0.261. The van der Waals surface area contributed by atoms with Gasteiger partial charge < -0.3 is 15.0 Å². The quantitative estimate of drug-likeness (QED) is 0.565. The minimum Gasteiger partial charge on any atom is -0.496 e. The van der Waals surface area contributed by atoms with Crippen LogP contribution in [-0.2, 0) is 4.79 Å². The molecule has 156 valence electrons. The van der Waals surface area contributed by atoms with Crippen molar-refractivity contribution < 1.29 is 14.3 Å². The standard InChI is InChI=1S/C23H25N3O3S/c1-29-20-11-4-3-8-17(20)12-13-21(27)25-23(30)24-19-10-7-9-18(16-19)22(28)26-14-5-2-6-15-26/h3-4,7-13,16H,2,5-6,14-15H2,1H3,(H2,24,25,27,30)/b13-12+. The number of para-hydroxylation sites is 1. The molecule has 0 atom stereocenters. The molecule has 0 saturated carbocycles. The highest BCUT2D eigenvalue weighted by Crippen LogP contribution is 2.19. The van der Waals surface area contributed by atoms with Crippen LogP contribution in [-0.4, -0.2) is 42.0 Å². The number of methoxy groups -OCH3 is 1. The second-order valence-electron chi connectivity index (χ2n) is 6.95. The summed E-state index contributed by atoms with van der Waals surface area (Å²) in [4.78, 5) is 26.7. The number of ether oxygens (including phenoxy) is 1. The summed E-state index contributed by atoms with van der Waals surface area (Å²) in [6.07, 6.45) is 6.31. The van der Waals surface area contributed by atoms with E-state index in [2.05, 4.69) is 10.6 Å². The highest BCUT2D eigenvalue weighted by Gasteiger charge is 2.18. The topological polar surface area (TPSA) is 70.7 Å². The smallest absolute Gasteiger partial charge is 0.253 e. The van der Waals surface area contributed by atoms with Crippen molar-refractivity contribution in [3.8, 4) is 5.75 Å². The normalized spacial score (nSPS) is 13.7. The van der Waals surface area contributed by atoms with Gasteiger partial charge in [-0.05, 0) is 61.8 Å². The first-order valence-electron chi connectivity index (χ1n) is 9.89. The number of rotatable bonds is 5. The van der Waals surface area contributed by atoms with Crippen LogP contribution in [0.2, 0.25) is 0 Å². The van der Waals surface area contributed by atoms with Crippen molar-refractivity contribution in [1.29, 1.82) is 0 Å². The Balaban J connectivity index is 1.57. The van der Waals surface area contributed by atoms with Crippen molar-refractivity contribution in [2.24, 2.45) is 0 Å². The van der Waals surface area contributed by atoms with Gasteiger partial charge in [-0.15, -0.1) is 0 Å². The van der Waals surface area contributed by atoms with E-state index in [1.807, 2.05) is 29.2 Å². The Kier molecular flexibility index (Phi) is 7.57. The summed E-state index contributed by atoms with van der Waals surface area (Å²) in [6, 6.07) is 14.5. The van der Waals surface area contributed by atoms with Crippen LogP contribution in [0, 0.1) is 0 Å². The fourth-order valence-corrected chi connectivity index (χ4v) is 3.51. The molecule has 30 heavy (non-hydrogen) atoms. The van der Waals surface area contributed by atoms with Crippen molar-refractivity contribution >= 4 is 40.9 Å². The number of piperidine rings is 1. The molecule has 1 fully saturated rings. The zero-order valence-electron chi connectivity index (χ0n) is 16.9. The molecule has 1 aliphatic heterocycles. The van der Waals surface area contributed by atoms with Crippen LogP contribution in [0.25, 0.3) is 6.08 Å². The Bertz CT molecular complexity index is 952. The van der Waals surface area contributed by atoms with E-state index >= 15 is 0 Å². The van der Waals surface area contributed by atoms with Crippen molar-refractivity contribution in [2.75, 3.05) is 25.5 Å². The summed E-state index contributed by atoms with van der Waals surface area (Å²) >= 11 is 5.23. The molecule has 7 heteroatoms. The number of thiocarbonyl (C=S) groups is 1. The van der Waals surface area contributed by atoms with E-state index in [9.17, 15) is 9.59 Å². The third-order valence-electron chi connectivity index (χ3n) is 4.80. The number of nitrogens with zero attached hydrogens (tertiary/aromatic N) is 1. The fourth-order valence-electron chi connectivity index (χ4n) is 3.30. The van der Waals surface area contributed by atoms with E-state index < -0.39 is 0 Å². The molecule has 0 radical (unpaired) electrons. The van der Waals surface area contributed by atoms with Crippen LogP contribution in [0.3, 0.4) is 0 Å². The number of nitrogens with one attached hydrogen (secondary N) is 2. The van der Waals surface area contributed by atoms with Crippen LogP contribution < -0.4 is 15.4 Å². The SMILES string of the molecule is COc1ccccc1/C=C/C(=O)NC(=S)Nc1cccc(C(=O)N2CCCCC2)c1. The van der Waals surface area contributed by atoms with Gasteiger partial charge in [-0.1, -0.05) is 24.3 Å². The molecule has 0 unspecified atom stereocenters. The summed E-state index contributed by atoms with van der Waals surface area (Å²) in [5.41, 5.74) is 2.04. The number of carbonyl (C=O) groups is 2. The summed E-state index contributed by atoms with van der Waals surface area (Å²) in [6.45, 7) is 1.59. The van der Waals surface area contributed by atoms with Gasteiger partial charge in [-0.25, -0.2) is 0 Å². The van der Waals surface area contributed by atoms with Gasteiger partial charge in [0, 0.05) is 36.0 Å². The average Bonchev–Trinajstić information content (AvgIpc) is 2.78. The molecule has 1 saturated heterocycles. The van der Waals surface area contributed by atoms with Gasteiger partial charge in [-0.2, -0.15) is 0 Å². The predicted octanol–water partition coefficient (Wildman–Crippen LogP) is 3.85. The lowest BCUT2D eigenvalue weighted by atomic mass is 10.1. The van der Waals surface area contributed by atoms with E-state index in [0.29, 0.717) is 17.0 Å². The maximum Gasteiger partial charge on any atom is 0.253 e. The molecule has 0 spiro atoms. The summed E-state index contributed by atoms with van der Waals surface area (Å²) in [5, 5.41) is 5.73. The molecule has 0 aliphatic carbocycles. The maximum absolute atomic E-state index is 12.7. The molecule has 6 nitrogen and oxygen atoms in total. The molecular weight excluding hydrogens is 398 g/mol. The minimum absolute atomic E-state index is 0.0213. The number of benzene rings is 2. The zero-order chi connectivity index (χ0) is 21.3. The van der Waals surface area contributed by atoms with E-state index in [4.69, 9.17) is 17.0 Å². The maximum atomic E-state index is 12.7. The molecule has 2 amide bonds. The van der Waals surface area contributed by atoms with Gasteiger partial charge in [0.15, 0.2) is 5.11 Å². The van der Waals surface area contributed by atoms with E-state index in [0.717, 1.165) is 31.5 Å². The highest BCUT2D eigenvalue weighted by atomic mass is 32.1. The first kappa shape index (κ1) is 21.5. The van der Waals surface area contributed by atoms with E-state index in [1.54, 1.807) is 37.5 Å². The van der Waals surface area contributed by atoms with Gasteiger partial charge in [-0.3, -0.25) is 14.9 Å². The van der Waals surface area contributed by atoms with Crippen LogP contribution >= 0.6 is 12.2 Å². The minimum atomic E-state index is -0.362. The summed E-state index contributed by atoms with van der Waals surface area (Å²) in [5.74, 6) is 0.337. The Morgan fingerprint density at radius 3 is 2.60 bits per heavy atom. The Labute approximate surface area is 181 Å². The van der Waals surface area contributed by atoms with Crippen LogP contribution in [0.1, 0.15) is 35.2 Å². The van der Waals surface area contributed by atoms with Crippen molar-refractivity contribution in [1.82, 2.24) is 10.2 Å². The number of hydrogen-bond donors (Lipinski definition) is 2. The third-order valence-corrected chi connectivity index (χ3v) is 5.00. The molecule has 1 heterocycles. The Morgan fingerprint density at radius 2 is 1.83 bits per heavy atom. The van der Waals surface area contributed by atoms with Crippen LogP contribution in [0.5, 0.6) is 5.75 Å². The summed E-state index contributed by atoms with van der Waals surface area (Å²) in [7, 11) is 1.58. The highest BCUT2D eigenvalue weighted by molar-refractivity contribution is 7.80. The Hall–Kier alpha value is -3.19. The number of carbonyl (C=O) groups excluding carboxylic acids is 2. The summed E-state index contributed by atoms with van der Waals surface area (Å²) < 4.78 is 5.26. The number of anilines is 1. The second-order valence-corrected chi connectivity index (χ2v) is 7.36. The van der Waals surface area contributed by atoms with Gasteiger partial charge in [0.2, 0.25) is 5.91 Å². The largest absolute Gasteiger partial charge is 0.496 e. The van der Waals surface area contributed by atoms with Gasteiger partial charge in [0.25, 0.3) is 5.91 Å². The first-order chi connectivity index (χ1) is 14.6. The number of amides is 2. The average molecular weight is 424 g/mol. The molecular formula is C23H25N3O3S. The molecule has 0 aromatic heterocycles. The molecule has 2 aromatic carbocycles. The molecule has 3 rings (SSSR count). The van der Waals surface area contributed by atoms with Crippen molar-refractivity contribution in [3.05, 3.63) is 65.7 Å². The second kappa shape index (κ2) is 10.5. The lowest BCUT2D eigenvalue weighted by molar-refractivity contribution is -0.115. The molecule has 0 bridgehead atoms. The zero-order valence-corrected chi connectivity index (χ0v) is 17.7. The number of hydrogen-bond acceptors (Lipinski definition) is 4. The van der Waals surface area contributed by atoms with Gasteiger partial charge >= 0.3 is 0 Å². The monoisotopic (exact) mass is 423 g/mol. The van der Waals surface area contributed by atoms with E-state index in [-0.39, 0.29) is 16.9 Å². The lowest BCUT2D eigenvalue weighted by Gasteiger charge is -2.26. The predicted molar refractivity (Wildman–Crippen MR) is 123 cm³/mol. The van der Waals surface area contributed by atoms with Gasteiger partial charge in [0.1, 0.15) is 5.75 Å². The molecule has 1 aliphatic rings. The first-order valence-corrected chi connectivity index (χ1v) is 10.3. The lowest BCUT2D eigenvalue weighted by Crippen LogP contribution is -2.35. The van der Waals surface area contributed by atoms with Crippen LogP contribution in [0.15, 0.2) is 54.6 Å².